The molecule has 0 spiro atoms. The maximum absolute atomic E-state index is 11.7. The summed E-state index contributed by atoms with van der Waals surface area (Å²) in [5.74, 6) is -0.564. The Morgan fingerprint density at radius 3 is 2.47 bits per heavy atom. The van der Waals surface area contributed by atoms with Crippen LogP contribution in [-0.2, 0) is 14.3 Å². The molecule has 0 saturated carbocycles. The average molecular weight is 260 g/mol. The van der Waals surface area contributed by atoms with E-state index in [0.29, 0.717) is 11.3 Å². The molecule has 1 aromatic carbocycles. The maximum atomic E-state index is 11.7. The highest BCUT2D eigenvalue weighted by atomic mass is 16.5. The van der Waals surface area contributed by atoms with Gasteiger partial charge in [0.15, 0.2) is 0 Å². The summed E-state index contributed by atoms with van der Waals surface area (Å²) in [6.07, 6.45) is 0.465. The van der Waals surface area contributed by atoms with Crippen molar-refractivity contribution in [3.8, 4) is 6.07 Å². The fraction of sp³-hybridized carbons (Fsp3) is 0.357. The summed E-state index contributed by atoms with van der Waals surface area (Å²) < 4.78 is 4.54. The molecule has 0 heterocycles. The zero-order valence-electron chi connectivity index (χ0n) is 11.0. The van der Waals surface area contributed by atoms with Crippen molar-refractivity contribution in [1.29, 1.82) is 5.26 Å². The van der Waals surface area contributed by atoms with Crippen molar-refractivity contribution in [3.05, 3.63) is 29.8 Å². The van der Waals surface area contributed by atoms with Gasteiger partial charge < -0.3 is 10.1 Å². The van der Waals surface area contributed by atoms with Gasteiger partial charge in [0.1, 0.15) is 0 Å². The molecule has 0 aliphatic carbocycles. The Bertz CT molecular complexity index is 488. The highest BCUT2D eigenvalue weighted by Crippen LogP contribution is 2.13. The molecule has 0 fully saturated rings. The summed E-state index contributed by atoms with van der Waals surface area (Å²) in [5, 5.41) is 11.4. The fourth-order valence-electron chi connectivity index (χ4n) is 1.60. The van der Waals surface area contributed by atoms with Crippen LogP contribution >= 0.6 is 0 Å². The van der Waals surface area contributed by atoms with Crippen LogP contribution in [0.3, 0.4) is 0 Å². The average Bonchev–Trinajstić information content (AvgIpc) is 2.39. The van der Waals surface area contributed by atoms with Crippen molar-refractivity contribution in [1.82, 2.24) is 0 Å². The molecule has 0 bridgehead atoms. The molecular formula is C14H16N2O3. The molecule has 0 aromatic heterocycles. The third kappa shape index (κ3) is 5.21. The zero-order valence-corrected chi connectivity index (χ0v) is 11.0. The smallest absolute Gasteiger partial charge is 0.305 e. The first-order valence-electron chi connectivity index (χ1n) is 5.92. The SMILES string of the molecule is COC(=O)C[C@H](C)CC(=O)Nc1ccc(C#N)cc1. The lowest BCUT2D eigenvalue weighted by Crippen LogP contribution is -2.17. The van der Waals surface area contributed by atoms with E-state index in [1.165, 1.54) is 7.11 Å². The van der Waals surface area contributed by atoms with E-state index in [9.17, 15) is 9.59 Å². The monoisotopic (exact) mass is 260 g/mol. The van der Waals surface area contributed by atoms with Crippen molar-refractivity contribution in [2.75, 3.05) is 12.4 Å². The van der Waals surface area contributed by atoms with Crippen LogP contribution in [0, 0.1) is 17.2 Å². The van der Waals surface area contributed by atoms with E-state index >= 15 is 0 Å². The zero-order chi connectivity index (χ0) is 14.3. The van der Waals surface area contributed by atoms with E-state index in [-0.39, 0.29) is 30.6 Å². The van der Waals surface area contributed by atoms with Gasteiger partial charge in [-0.05, 0) is 30.2 Å². The number of carbonyl (C=O) groups is 2. The van der Waals surface area contributed by atoms with Gasteiger partial charge in [-0.2, -0.15) is 5.26 Å². The van der Waals surface area contributed by atoms with Gasteiger partial charge in [-0.25, -0.2) is 0 Å². The van der Waals surface area contributed by atoms with Gasteiger partial charge in [0.25, 0.3) is 0 Å². The molecule has 1 rings (SSSR count). The molecule has 1 atom stereocenters. The first kappa shape index (κ1) is 14.7. The standard InChI is InChI=1S/C14H16N2O3/c1-10(8-14(18)19-2)7-13(17)16-12-5-3-11(9-15)4-6-12/h3-6,10H,7-8H2,1-2H3,(H,16,17)/t10-/m1/s1. The predicted molar refractivity (Wildman–Crippen MR) is 70.2 cm³/mol. The van der Waals surface area contributed by atoms with Crippen LogP contribution in [-0.4, -0.2) is 19.0 Å². The predicted octanol–water partition coefficient (Wildman–Crippen LogP) is 2.09. The van der Waals surface area contributed by atoms with Crippen LogP contribution in [0.15, 0.2) is 24.3 Å². The Balaban J connectivity index is 2.46. The minimum atomic E-state index is -0.321. The van der Waals surface area contributed by atoms with Crippen LogP contribution in [0.1, 0.15) is 25.3 Å². The molecule has 0 radical (unpaired) electrons. The molecule has 0 aliphatic heterocycles. The lowest BCUT2D eigenvalue weighted by Gasteiger charge is -2.10. The summed E-state index contributed by atoms with van der Waals surface area (Å²) in [6, 6.07) is 8.60. The maximum Gasteiger partial charge on any atom is 0.305 e. The molecule has 1 aromatic rings. The molecule has 19 heavy (non-hydrogen) atoms. The van der Waals surface area contributed by atoms with Crippen molar-refractivity contribution < 1.29 is 14.3 Å². The molecule has 0 unspecified atom stereocenters. The Hall–Kier alpha value is -2.35. The molecule has 1 amide bonds. The summed E-state index contributed by atoms with van der Waals surface area (Å²) in [4.78, 5) is 22.8. The number of nitrogens with one attached hydrogen (secondary N) is 1. The number of benzene rings is 1. The van der Waals surface area contributed by atoms with Crippen LogP contribution in [0.25, 0.3) is 0 Å². The number of ether oxygens (including phenoxy) is 1. The number of anilines is 1. The van der Waals surface area contributed by atoms with Crippen LogP contribution < -0.4 is 5.32 Å². The number of hydrogen-bond donors (Lipinski definition) is 1. The topological polar surface area (TPSA) is 79.2 Å². The minimum absolute atomic E-state index is 0.0779. The lowest BCUT2D eigenvalue weighted by atomic mass is 10.0. The van der Waals surface area contributed by atoms with E-state index in [2.05, 4.69) is 10.1 Å². The fourth-order valence-corrected chi connectivity index (χ4v) is 1.60. The van der Waals surface area contributed by atoms with E-state index in [1.807, 2.05) is 13.0 Å². The number of esters is 1. The van der Waals surface area contributed by atoms with Crippen molar-refractivity contribution >= 4 is 17.6 Å². The summed E-state index contributed by atoms with van der Waals surface area (Å²) in [6.45, 7) is 1.81. The van der Waals surface area contributed by atoms with Gasteiger partial charge in [-0.1, -0.05) is 6.92 Å². The first-order chi connectivity index (χ1) is 9.05. The first-order valence-corrected chi connectivity index (χ1v) is 5.92. The van der Waals surface area contributed by atoms with Crippen molar-refractivity contribution in [2.45, 2.75) is 19.8 Å². The van der Waals surface area contributed by atoms with Gasteiger partial charge in [0.05, 0.1) is 18.7 Å². The largest absolute Gasteiger partial charge is 0.469 e. The third-order valence-corrected chi connectivity index (χ3v) is 2.57. The molecular weight excluding hydrogens is 244 g/mol. The number of nitriles is 1. The summed E-state index contributed by atoms with van der Waals surface area (Å²) in [5.41, 5.74) is 1.17. The second kappa shape index (κ2) is 7.17. The highest BCUT2D eigenvalue weighted by Gasteiger charge is 2.13. The summed E-state index contributed by atoms with van der Waals surface area (Å²) in [7, 11) is 1.33. The van der Waals surface area contributed by atoms with E-state index in [4.69, 9.17) is 5.26 Å². The number of methoxy groups -OCH3 is 1. The summed E-state index contributed by atoms with van der Waals surface area (Å²) >= 11 is 0. The number of hydrogen-bond acceptors (Lipinski definition) is 4. The van der Waals surface area contributed by atoms with Crippen LogP contribution in [0.5, 0.6) is 0 Å². The second-order valence-corrected chi connectivity index (χ2v) is 4.33. The Morgan fingerprint density at radius 2 is 1.95 bits per heavy atom. The molecule has 1 N–H and O–H groups in total. The van der Waals surface area contributed by atoms with Gasteiger partial charge in [-0.3, -0.25) is 9.59 Å². The normalized spacial score (nSPS) is 11.2. The molecule has 5 nitrogen and oxygen atoms in total. The minimum Gasteiger partial charge on any atom is -0.469 e. The Kier molecular flexibility index (Phi) is 5.55. The molecule has 100 valence electrons. The van der Waals surface area contributed by atoms with Gasteiger partial charge in [-0.15, -0.1) is 0 Å². The molecule has 5 heteroatoms. The van der Waals surface area contributed by atoms with Crippen LogP contribution in [0.4, 0.5) is 5.69 Å². The van der Waals surface area contributed by atoms with Gasteiger partial charge in [0, 0.05) is 18.5 Å². The second-order valence-electron chi connectivity index (χ2n) is 4.33. The van der Waals surface area contributed by atoms with Crippen molar-refractivity contribution in [2.24, 2.45) is 5.92 Å². The number of rotatable bonds is 5. The number of nitrogens with zero attached hydrogens (tertiary/aromatic N) is 1. The van der Waals surface area contributed by atoms with Gasteiger partial charge >= 0.3 is 5.97 Å². The molecule has 0 aliphatic rings. The quantitative estimate of drug-likeness (QED) is 0.822. The molecule has 0 saturated heterocycles. The highest BCUT2D eigenvalue weighted by molar-refractivity contribution is 5.91. The van der Waals surface area contributed by atoms with Crippen molar-refractivity contribution in [3.63, 3.8) is 0 Å². The number of carbonyl (C=O) groups excluding carboxylic acids is 2. The van der Waals surface area contributed by atoms with E-state index in [0.717, 1.165) is 0 Å². The van der Waals surface area contributed by atoms with E-state index < -0.39 is 0 Å². The number of amides is 1. The lowest BCUT2D eigenvalue weighted by molar-refractivity contribution is -0.141. The third-order valence-electron chi connectivity index (χ3n) is 2.57. The van der Waals surface area contributed by atoms with Gasteiger partial charge in [0.2, 0.25) is 5.91 Å². The van der Waals surface area contributed by atoms with Crippen LogP contribution in [0.2, 0.25) is 0 Å². The van der Waals surface area contributed by atoms with E-state index in [1.54, 1.807) is 24.3 Å². The Labute approximate surface area is 112 Å². The Morgan fingerprint density at radius 1 is 1.32 bits per heavy atom.